The van der Waals surface area contributed by atoms with Crippen molar-refractivity contribution in [1.29, 1.82) is 0 Å². The minimum Gasteiger partial charge on any atom is -0.507 e. The van der Waals surface area contributed by atoms with Crippen LogP contribution in [0.25, 0.3) is 0 Å². The third-order valence-corrected chi connectivity index (χ3v) is 4.15. The van der Waals surface area contributed by atoms with Crippen molar-refractivity contribution in [3.05, 3.63) is 57.8 Å². The Kier molecular flexibility index (Phi) is 7.88. The molecule has 2 aromatic carbocycles. The van der Waals surface area contributed by atoms with Gasteiger partial charge in [-0.15, -0.1) is 0 Å². The molecule has 2 aromatic rings. The Morgan fingerprint density at radius 3 is 2.74 bits per heavy atom. The first-order chi connectivity index (χ1) is 12.9. The van der Waals surface area contributed by atoms with Gasteiger partial charge in [0.1, 0.15) is 17.3 Å². The summed E-state index contributed by atoms with van der Waals surface area (Å²) in [5, 5.41) is 14.7. The molecule has 8 heteroatoms. The van der Waals surface area contributed by atoms with Gasteiger partial charge in [-0.3, -0.25) is 4.79 Å². The van der Waals surface area contributed by atoms with E-state index in [0.29, 0.717) is 41.0 Å². The van der Waals surface area contributed by atoms with Gasteiger partial charge in [0.15, 0.2) is 0 Å². The highest BCUT2D eigenvalue weighted by atomic mass is 35.5. The maximum absolute atomic E-state index is 13.4. The Morgan fingerprint density at radius 1 is 1.26 bits per heavy atom. The van der Waals surface area contributed by atoms with Gasteiger partial charge in [-0.1, -0.05) is 30.1 Å². The number of hydrogen-bond donors (Lipinski definition) is 2. The maximum Gasteiger partial charge on any atom is 0.240 e. The minimum atomic E-state index is -0.492. The normalized spacial score (nSPS) is 11.3. The lowest BCUT2D eigenvalue weighted by Crippen LogP contribution is -2.20. The molecular weight excluding hydrogens is 394 g/mol. The molecule has 0 aliphatic heterocycles. The van der Waals surface area contributed by atoms with Crippen LogP contribution in [0.4, 0.5) is 4.39 Å². The second-order valence-electron chi connectivity index (χ2n) is 5.64. The average Bonchev–Trinajstić information content (AvgIpc) is 2.63. The number of carbonyl (C=O) groups is 1. The number of halogens is 3. The molecule has 0 saturated carbocycles. The molecule has 0 heterocycles. The second-order valence-corrected chi connectivity index (χ2v) is 6.48. The van der Waals surface area contributed by atoms with E-state index >= 15 is 0 Å². The number of hydrogen-bond acceptors (Lipinski definition) is 4. The third kappa shape index (κ3) is 6.41. The first kappa shape index (κ1) is 21.0. The van der Waals surface area contributed by atoms with Crippen LogP contribution >= 0.6 is 23.2 Å². The van der Waals surface area contributed by atoms with E-state index in [9.17, 15) is 14.3 Å². The predicted octanol–water partition coefficient (Wildman–Crippen LogP) is 4.93. The SMILES string of the molecule is CC/C(=N/NC(=O)CCCOc1ccc(Cl)cc1Cl)c1cc(F)ccc1O. The summed E-state index contributed by atoms with van der Waals surface area (Å²) in [5.74, 6) is -0.412. The van der Waals surface area contributed by atoms with Crippen LogP contribution in [0.3, 0.4) is 0 Å². The van der Waals surface area contributed by atoms with Crippen molar-refractivity contribution in [2.45, 2.75) is 26.2 Å². The van der Waals surface area contributed by atoms with E-state index in [1.54, 1.807) is 25.1 Å². The van der Waals surface area contributed by atoms with Crippen LogP contribution in [-0.4, -0.2) is 23.3 Å². The van der Waals surface area contributed by atoms with Crippen LogP contribution < -0.4 is 10.2 Å². The van der Waals surface area contributed by atoms with Crippen LogP contribution in [0.15, 0.2) is 41.5 Å². The Hall–Kier alpha value is -2.31. The summed E-state index contributed by atoms with van der Waals surface area (Å²) in [6.07, 6.45) is 1.04. The van der Waals surface area contributed by atoms with E-state index in [1.807, 2.05) is 0 Å². The Bertz CT molecular complexity index is 844. The molecule has 2 rings (SSSR count). The molecule has 144 valence electrons. The molecule has 0 aromatic heterocycles. The van der Waals surface area contributed by atoms with Crippen molar-refractivity contribution in [2.24, 2.45) is 5.10 Å². The predicted molar refractivity (Wildman–Crippen MR) is 104 cm³/mol. The number of ether oxygens (including phenoxy) is 1. The number of aromatic hydroxyl groups is 1. The van der Waals surface area contributed by atoms with Gasteiger partial charge >= 0.3 is 0 Å². The number of benzene rings is 2. The highest BCUT2D eigenvalue weighted by Crippen LogP contribution is 2.27. The quantitative estimate of drug-likeness (QED) is 0.366. The molecule has 0 aliphatic rings. The number of carbonyl (C=O) groups excluding carboxylic acids is 1. The lowest BCUT2D eigenvalue weighted by molar-refractivity contribution is -0.121. The standard InChI is InChI=1S/C19H19Cl2FN2O3/c1-2-16(14-11-13(22)6-7-17(14)25)23-24-19(26)4-3-9-27-18-8-5-12(20)10-15(18)21/h5-8,10-11,25H,2-4,9H2,1H3,(H,24,26)/b23-16-. The zero-order valence-corrected chi connectivity index (χ0v) is 16.1. The average molecular weight is 413 g/mol. The third-order valence-electron chi connectivity index (χ3n) is 3.62. The zero-order valence-electron chi connectivity index (χ0n) is 14.6. The molecule has 1 amide bonds. The highest BCUT2D eigenvalue weighted by molar-refractivity contribution is 6.35. The Balaban J connectivity index is 1.84. The van der Waals surface area contributed by atoms with E-state index in [-0.39, 0.29) is 23.6 Å². The lowest BCUT2D eigenvalue weighted by Gasteiger charge is -2.09. The maximum atomic E-state index is 13.4. The molecule has 0 radical (unpaired) electrons. The molecule has 0 atom stereocenters. The number of nitrogens with one attached hydrogen (secondary N) is 1. The highest BCUT2D eigenvalue weighted by Gasteiger charge is 2.10. The molecule has 0 unspecified atom stereocenters. The number of nitrogens with zero attached hydrogens (tertiary/aromatic N) is 1. The molecule has 2 N–H and O–H groups in total. The van der Waals surface area contributed by atoms with Crippen molar-refractivity contribution < 1.29 is 19.0 Å². The fourth-order valence-electron chi connectivity index (χ4n) is 2.26. The number of hydrazone groups is 1. The van der Waals surface area contributed by atoms with E-state index in [2.05, 4.69) is 10.5 Å². The molecule has 27 heavy (non-hydrogen) atoms. The number of phenols is 1. The van der Waals surface area contributed by atoms with E-state index < -0.39 is 5.82 Å². The Morgan fingerprint density at radius 2 is 2.04 bits per heavy atom. The first-order valence-corrected chi connectivity index (χ1v) is 9.08. The minimum absolute atomic E-state index is 0.0977. The van der Waals surface area contributed by atoms with E-state index in [1.165, 1.54) is 12.1 Å². The fraction of sp³-hybridized carbons (Fsp3) is 0.263. The summed E-state index contributed by atoms with van der Waals surface area (Å²) in [4.78, 5) is 11.9. The summed E-state index contributed by atoms with van der Waals surface area (Å²) < 4.78 is 18.9. The van der Waals surface area contributed by atoms with Crippen LogP contribution in [0.1, 0.15) is 31.7 Å². The first-order valence-electron chi connectivity index (χ1n) is 8.32. The van der Waals surface area contributed by atoms with Gasteiger partial charge < -0.3 is 9.84 Å². The molecule has 0 aliphatic carbocycles. The van der Waals surface area contributed by atoms with Crippen LogP contribution in [-0.2, 0) is 4.79 Å². The molecule has 0 spiro atoms. The summed E-state index contributed by atoms with van der Waals surface area (Å²) in [5.41, 5.74) is 3.04. The van der Waals surface area contributed by atoms with E-state index in [4.69, 9.17) is 27.9 Å². The summed E-state index contributed by atoms with van der Waals surface area (Å²) >= 11 is 11.8. The zero-order chi connectivity index (χ0) is 19.8. The summed E-state index contributed by atoms with van der Waals surface area (Å²) in [6.45, 7) is 2.09. The molecule has 0 saturated heterocycles. The molecule has 0 fully saturated rings. The van der Waals surface area contributed by atoms with Crippen molar-refractivity contribution in [2.75, 3.05) is 6.61 Å². The van der Waals surface area contributed by atoms with Gasteiger partial charge in [0.25, 0.3) is 0 Å². The van der Waals surface area contributed by atoms with Crippen molar-refractivity contribution in [3.8, 4) is 11.5 Å². The van der Waals surface area contributed by atoms with Gasteiger partial charge in [0.2, 0.25) is 5.91 Å². The van der Waals surface area contributed by atoms with Crippen LogP contribution in [0.5, 0.6) is 11.5 Å². The summed E-state index contributed by atoms with van der Waals surface area (Å²) in [6, 6.07) is 8.47. The number of amides is 1. The lowest BCUT2D eigenvalue weighted by atomic mass is 10.1. The van der Waals surface area contributed by atoms with Gasteiger partial charge in [0, 0.05) is 17.0 Å². The smallest absolute Gasteiger partial charge is 0.240 e. The van der Waals surface area contributed by atoms with Gasteiger partial charge in [0.05, 0.1) is 17.3 Å². The van der Waals surface area contributed by atoms with Crippen molar-refractivity contribution in [1.82, 2.24) is 5.43 Å². The summed E-state index contributed by atoms with van der Waals surface area (Å²) in [7, 11) is 0. The fourth-order valence-corrected chi connectivity index (χ4v) is 2.73. The monoisotopic (exact) mass is 412 g/mol. The molecule has 5 nitrogen and oxygen atoms in total. The number of rotatable bonds is 8. The number of phenolic OH excluding ortho intramolecular Hbond substituents is 1. The largest absolute Gasteiger partial charge is 0.507 e. The van der Waals surface area contributed by atoms with E-state index in [0.717, 1.165) is 6.07 Å². The van der Waals surface area contributed by atoms with Crippen LogP contribution in [0, 0.1) is 5.82 Å². The van der Waals surface area contributed by atoms with Crippen molar-refractivity contribution >= 4 is 34.8 Å². The Labute approximate surface area is 166 Å². The van der Waals surface area contributed by atoms with Gasteiger partial charge in [-0.05, 0) is 49.2 Å². The topological polar surface area (TPSA) is 70.9 Å². The molecular formula is C19H19Cl2FN2O3. The molecule has 0 bridgehead atoms. The second kappa shape index (κ2) is 10.1. The van der Waals surface area contributed by atoms with Crippen LogP contribution in [0.2, 0.25) is 10.0 Å². The van der Waals surface area contributed by atoms with Crippen molar-refractivity contribution in [3.63, 3.8) is 0 Å². The van der Waals surface area contributed by atoms with Gasteiger partial charge in [-0.25, -0.2) is 9.82 Å². The van der Waals surface area contributed by atoms with Gasteiger partial charge in [-0.2, -0.15) is 5.10 Å².